The van der Waals surface area contributed by atoms with Gasteiger partial charge < -0.3 is 49.3 Å². The van der Waals surface area contributed by atoms with Crippen LogP contribution < -0.4 is 20.1 Å². The molecule has 322 valence electrons. The molecule has 2 aromatic carbocycles. The van der Waals surface area contributed by atoms with Crippen molar-refractivity contribution in [2.24, 2.45) is 11.8 Å². The van der Waals surface area contributed by atoms with Gasteiger partial charge in [-0.25, -0.2) is 19.6 Å². The number of H-pyrrole nitrogens is 2. The third kappa shape index (κ3) is 7.93. The molecule has 3 amide bonds. The highest BCUT2D eigenvalue weighted by Crippen LogP contribution is 2.48. The average molecular weight is 833 g/mol. The number of aromatic nitrogens is 4. The molecule has 61 heavy (non-hydrogen) atoms. The largest absolute Gasteiger partial charge is 0.488 e. The van der Waals surface area contributed by atoms with Gasteiger partial charge in [-0.15, -0.1) is 0 Å². The molecule has 2 saturated heterocycles. The van der Waals surface area contributed by atoms with E-state index in [9.17, 15) is 14.4 Å². The smallest absolute Gasteiger partial charge is 0.407 e. The van der Waals surface area contributed by atoms with E-state index in [0.717, 1.165) is 100 Å². The van der Waals surface area contributed by atoms with Gasteiger partial charge in [0.1, 0.15) is 41.9 Å². The number of aromatic amines is 2. The number of hydrogen-bond donors (Lipinski definition) is 4. The van der Waals surface area contributed by atoms with Crippen molar-refractivity contribution in [3.8, 4) is 34.0 Å². The van der Waals surface area contributed by atoms with Gasteiger partial charge in [0.25, 0.3) is 0 Å². The van der Waals surface area contributed by atoms with Crippen molar-refractivity contribution in [1.29, 1.82) is 0 Å². The Hall–Kier alpha value is -6.25. The van der Waals surface area contributed by atoms with E-state index in [-0.39, 0.29) is 42.0 Å². The highest BCUT2D eigenvalue weighted by atomic mass is 16.5. The van der Waals surface area contributed by atoms with Gasteiger partial charge in [-0.05, 0) is 56.6 Å². The minimum absolute atomic E-state index is 0.00743. The Morgan fingerprint density at radius 2 is 1.33 bits per heavy atom. The molecule has 1 unspecified atom stereocenters. The molecular formula is C46H56N8O7. The SMILES string of the molecule is C=C([C@@H](NC(=O)OC)C(C)C)N1CCC[C@H]1c1ncc(-c2ccc3c(c2)OC(C)C2=C3COc3cc(-c4cnc([C@@H]5CCCN5C(=O)[C@@H](NC(=O)OC)C(C)C)[nH]4)ccc32)[nH]1. The Morgan fingerprint density at radius 1 is 0.787 bits per heavy atom. The first kappa shape index (κ1) is 41.5. The number of hydrogen-bond acceptors (Lipinski definition) is 10. The molecular weight excluding hydrogens is 777 g/mol. The predicted molar refractivity (Wildman–Crippen MR) is 230 cm³/mol. The summed E-state index contributed by atoms with van der Waals surface area (Å²) in [5.41, 5.74) is 8.63. The van der Waals surface area contributed by atoms with Crippen molar-refractivity contribution >= 4 is 29.2 Å². The molecule has 4 N–H and O–H groups in total. The predicted octanol–water partition coefficient (Wildman–Crippen LogP) is 7.63. The maximum atomic E-state index is 13.7. The number of alkyl carbamates (subject to hydrolysis) is 2. The number of fused-ring (bicyclic) bond motifs is 4. The number of carbonyl (C=O) groups excluding carboxylic acids is 3. The second-order valence-corrected chi connectivity index (χ2v) is 17.0. The first-order valence-corrected chi connectivity index (χ1v) is 21.2. The van der Waals surface area contributed by atoms with Crippen molar-refractivity contribution in [3.63, 3.8) is 0 Å². The number of ether oxygens (including phenoxy) is 4. The molecule has 4 aliphatic heterocycles. The fourth-order valence-corrected chi connectivity index (χ4v) is 9.29. The fraction of sp³-hybridized carbons (Fsp3) is 0.457. The molecule has 5 atom stereocenters. The molecule has 15 heteroatoms. The second-order valence-electron chi connectivity index (χ2n) is 17.0. The zero-order valence-corrected chi connectivity index (χ0v) is 36.0. The van der Waals surface area contributed by atoms with E-state index in [4.69, 9.17) is 28.9 Å². The van der Waals surface area contributed by atoms with E-state index in [1.165, 1.54) is 14.2 Å². The van der Waals surface area contributed by atoms with Crippen LogP contribution in [-0.2, 0) is 14.3 Å². The highest BCUT2D eigenvalue weighted by molar-refractivity contribution is 5.99. The summed E-state index contributed by atoms with van der Waals surface area (Å²) < 4.78 is 22.8. The summed E-state index contributed by atoms with van der Waals surface area (Å²) in [6.45, 7) is 16.2. The summed E-state index contributed by atoms with van der Waals surface area (Å²) in [4.78, 5) is 58.5. The van der Waals surface area contributed by atoms with Gasteiger partial charge in [0.15, 0.2) is 0 Å². The summed E-state index contributed by atoms with van der Waals surface area (Å²) in [6, 6.07) is 11.2. The van der Waals surface area contributed by atoms with Gasteiger partial charge in [0, 0.05) is 52.2 Å². The zero-order valence-electron chi connectivity index (χ0n) is 36.0. The van der Waals surface area contributed by atoms with E-state index < -0.39 is 18.2 Å². The van der Waals surface area contributed by atoms with Crippen LogP contribution in [0.15, 0.2) is 61.1 Å². The Morgan fingerprint density at radius 3 is 1.92 bits per heavy atom. The third-order valence-electron chi connectivity index (χ3n) is 12.5. The molecule has 4 aliphatic rings. The Balaban J connectivity index is 0.989. The Bertz CT molecular complexity index is 2360. The number of methoxy groups -OCH3 is 2. The van der Waals surface area contributed by atoms with Gasteiger partial charge in [-0.3, -0.25) is 4.79 Å². The summed E-state index contributed by atoms with van der Waals surface area (Å²) in [6.07, 6.45) is 5.86. The number of amides is 3. The van der Waals surface area contributed by atoms with Gasteiger partial charge in [0.05, 0.1) is 56.1 Å². The van der Waals surface area contributed by atoms with Gasteiger partial charge in [0.2, 0.25) is 5.91 Å². The van der Waals surface area contributed by atoms with Crippen LogP contribution in [0.5, 0.6) is 11.5 Å². The number of rotatable bonds is 11. The molecule has 6 heterocycles. The van der Waals surface area contributed by atoms with Crippen LogP contribution in [0.2, 0.25) is 0 Å². The molecule has 0 spiro atoms. The number of benzene rings is 2. The van der Waals surface area contributed by atoms with Gasteiger partial charge in [-0.1, -0.05) is 58.5 Å². The summed E-state index contributed by atoms with van der Waals surface area (Å²) in [5, 5.41) is 5.66. The minimum Gasteiger partial charge on any atom is -0.488 e. The number of likely N-dealkylation sites (tertiary alicyclic amines) is 2. The van der Waals surface area contributed by atoms with Gasteiger partial charge in [-0.2, -0.15) is 0 Å². The van der Waals surface area contributed by atoms with Crippen LogP contribution in [0.1, 0.15) is 95.2 Å². The fourth-order valence-electron chi connectivity index (χ4n) is 9.29. The highest BCUT2D eigenvalue weighted by Gasteiger charge is 2.39. The molecule has 0 aliphatic carbocycles. The summed E-state index contributed by atoms with van der Waals surface area (Å²) in [5.74, 6) is 2.99. The molecule has 4 aromatic rings. The molecule has 0 bridgehead atoms. The quantitative estimate of drug-likeness (QED) is 0.118. The van der Waals surface area contributed by atoms with Crippen LogP contribution in [0.3, 0.4) is 0 Å². The lowest BCUT2D eigenvalue weighted by Crippen LogP contribution is -2.51. The van der Waals surface area contributed by atoms with Crippen molar-refractivity contribution in [2.45, 2.75) is 90.6 Å². The van der Waals surface area contributed by atoms with Crippen LogP contribution >= 0.6 is 0 Å². The van der Waals surface area contributed by atoms with Crippen molar-refractivity contribution in [1.82, 2.24) is 40.4 Å². The van der Waals surface area contributed by atoms with E-state index in [1.807, 2.05) is 31.0 Å². The molecule has 0 radical (unpaired) electrons. The van der Waals surface area contributed by atoms with E-state index in [1.54, 1.807) is 6.20 Å². The molecule has 0 saturated carbocycles. The number of carbonyl (C=O) groups is 3. The second kappa shape index (κ2) is 17.0. The summed E-state index contributed by atoms with van der Waals surface area (Å²) in [7, 11) is 2.66. The minimum atomic E-state index is -0.701. The van der Waals surface area contributed by atoms with Crippen LogP contribution in [0.25, 0.3) is 33.7 Å². The normalized spacial score (nSPS) is 20.3. The Kier molecular flexibility index (Phi) is 11.6. The van der Waals surface area contributed by atoms with Crippen molar-refractivity contribution in [3.05, 3.63) is 83.8 Å². The van der Waals surface area contributed by atoms with Crippen LogP contribution in [-0.4, -0.2) is 99.9 Å². The molecule has 15 nitrogen and oxygen atoms in total. The maximum absolute atomic E-state index is 13.7. The Labute approximate surface area is 356 Å². The summed E-state index contributed by atoms with van der Waals surface area (Å²) >= 11 is 0. The molecule has 2 fully saturated rings. The van der Waals surface area contributed by atoms with Crippen LogP contribution in [0.4, 0.5) is 9.59 Å². The lowest BCUT2D eigenvalue weighted by atomic mass is 9.86. The molecule has 2 aromatic heterocycles. The average Bonchev–Trinajstić information content (AvgIpc) is 4.10. The number of imidazole rings is 2. The standard InChI is InChI=1S/C46H56N8O7/c1-24(2)40(51-45(56)58-7)26(5)53-17-9-11-35(53)42-47-22-34(49-42)29-13-15-30-32-23-60-37-19-28(14-16-31(37)39(32)27(6)61-38(30)20-29)33-21-48-43(50-33)36-12-10-18-54(36)44(55)41(25(3)4)52-46(57)59-8/h13-16,19-22,24-25,27,35-36,40-41H,5,9-12,17-18,23H2,1-4,6-8H3,(H,47,49)(H,48,50)(H,51,56)(H,52,57)/t27?,35-,36-,40-,41-/m0/s1. The van der Waals surface area contributed by atoms with Crippen molar-refractivity contribution < 1.29 is 33.3 Å². The van der Waals surface area contributed by atoms with E-state index in [2.05, 4.69) is 83.2 Å². The van der Waals surface area contributed by atoms with E-state index in [0.29, 0.717) is 19.0 Å². The maximum Gasteiger partial charge on any atom is 0.407 e. The first-order chi connectivity index (χ1) is 29.4. The van der Waals surface area contributed by atoms with Crippen LogP contribution in [0, 0.1) is 11.8 Å². The molecule has 8 rings (SSSR count). The third-order valence-corrected chi connectivity index (χ3v) is 12.5. The lowest BCUT2D eigenvalue weighted by Gasteiger charge is -2.34. The van der Waals surface area contributed by atoms with E-state index >= 15 is 0 Å². The van der Waals surface area contributed by atoms with Gasteiger partial charge >= 0.3 is 12.2 Å². The number of nitrogens with one attached hydrogen (secondary N) is 4. The number of nitrogens with zero attached hydrogens (tertiary/aromatic N) is 4. The monoisotopic (exact) mass is 832 g/mol. The lowest BCUT2D eigenvalue weighted by molar-refractivity contribution is -0.135. The topological polar surface area (TPSA) is 176 Å². The van der Waals surface area contributed by atoms with Crippen molar-refractivity contribution in [2.75, 3.05) is 33.9 Å². The first-order valence-electron chi connectivity index (χ1n) is 21.2. The zero-order chi connectivity index (χ0) is 43.1.